The zero-order chi connectivity index (χ0) is 28.3. The molecule has 0 N–H and O–H groups in total. The average Bonchev–Trinajstić information content (AvgIpc) is 3.28. The van der Waals surface area contributed by atoms with Crippen LogP contribution in [0.4, 0.5) is 17.1 Å². The third-order valence-electron chi connectivity index (χ3n) is 9.03. The van der Waals surface area contributed by atoms with Gasteiger partial charge in [-0.25, -0.2) is 0 Å². The number of hydrogen-bond donors (Lipinski definition) is 0. The highest BCUT2D eigenvalue weighted by atomic mass is 15.1. The van der Waals surface area contributed by atoms with Crippen molar-refractivity contribution >= 4 is 38.6 Å². The van der Waals surface area contributed by atoms with E-state index in [9.17, 15) is 0 Å². The minimum atomic E-state index is -0.0821. The number of nitrogens with zero attached hydrogens (tertiary/aromatic N) is 1. The molecule has 0 aliphatic heterocycles. The highest BCUT2D eigenvalue weighted by molar-refractivity contribution is 6.14. The third kappa shape index (κ3) is 3.71. The molecule has 200 valence electrons. The Morgan fingerprint density at radius 1 is 0.452 bits per heavy atom. The van der Waals surface area contributed by atoms with Gasteiger partial charge in [0.05, 0.1) is 5.69 Å². The molecule has 7 aromatic rings. The van der Waals surface area contributed by atoms with Crippen LogP contribution in [0.25, 0.3) is 43.8 Å². The normalized spacial score (nSPS) is 13.2. The molecule has 0 unspecified atom stereocenters. The van der Waals surface area contributed by atoms with Crippen molar-refractivity contribution in [2.24, 2.45) is 0 Å². The summed E-state index contributed by atoms with van der Waals surface area (Å²) in [7, 11) is 0. The second-order valence-corrected chi connectivity index (χ2v) is 11.8. The summed E-state index contributed by atoms with van der Waals surface area (Å²) >= 11 is 0. The fraction of sp³-hybridized carbons (Fsp3) is 0.0732. The molecular formula is C41H31N. The van der Waals surface area contributed by atoms with Crippen molar-refractivity contribution in [1.82, 2.24) is 0 Å². The first-order valence-corrected chi connectivity index (χ1v) is 14.7. The van der Waals surface area contributed by atoms with E-state index < -0.39 is 0 Å². The zero-order valence-corrected chi connectivity index (χ0v) is 23.9. The van der Waals surface area contributed by atoms with Gasteiger partial charge in [-0.1, -0.05) is 135 Å². The van der Waals surface area contributed by atoms with E-state index in [1.807, 2.05) is 0 Å². The molecule has 1 aliphatic carbocycles. The van der Waals surface area contributed by atoms with Gasteiger partial charge in [0.1, 0.15) is 0 Å². The van der Waals surface area contributed by atoms with Crippen molar-refractivity contribution < 1.29 is 0 Å². The van der Waals surface area contributed by atoms with E-state index in [2.05, 4.69) is 170 Å². The maximum absolute atomic E-state index is 2.44. The number of benzene rings is 7. The van der Waals surface area contributed by atoms with Crippen LogP contribution in [0.3, 0.4) is 0 Å². The van der Waals surface area contributed by atoms with Crippen LogP contribution in [0.2, 0.25) is 0 Å². The zero-order valence-electron chi connectivity index (χ0n) is 23.9. The van der Waals surface area contributed by atoms with Gasteiger partial charge in [-0.05, 0) is 79.9 Å². The molecule has 0 saturated carbocycles. The van der Waals surface area contributed by atoms with Crippen LogP contribution >= 0.6 is 0 Å². The van der Waals surface area contributed by atoms with E-state index >= 15 is 0 Å². The Hall–Kier alpha value is -5.14. The lowest BCUT2D eigenvalue weighted by atomic mass is 9.82. The molecule has 0 spiro atoms. The van der Waals surface area contributed by atoms with Crippen LogP contribution in [-0.4, -0.2) is 0 Å². The molecule has 1 nitrogen and oxygen atoms in total. The van der Waals surface area contributed by atoms with Gasteiger partial charge in [-0.15, -0.1) is 0 Å². The molecule has 0 aromatic heterocycles. The Kier molecular flexibility index (Phi) is 5.55. The summed E-state index contributed by atoms with van der Waals surface area (Å²) in [4.78, 5) is 2.44. The van der Waals surface area contributed by atoms with E-state index in [1.54, 1.807) is 0 Å². The number of rotatable bonds is 4. The highest BCUT2D eigenvalue weighted by Gasteiger charge is 2.37. The summed E-state index contributed by atoms with van der Waals surface area (Å²) in [5, 5.41) is 5.03. The molecule has 42 heavy (non-hydrogen) atoms. The highest BCUT2D eigenvalue weighted by Crippen LogP contribution is 2.54. The minimum absolute atomic E-state index is 0.0821. The van der Waals surface area contributed by atoms with E-state index in [1.165, 1.54) is 60.6 Å². The Labute approximate surface area is 247 Å². The van der Waals surface area contributed by atoms with Crippen LogP contribution < -0.4 is 4.90 Å². The maximum Gasteiger partial charge on any atom is 0.0546 e. The van der Waals surface area contributed by atoms with Gasteiger partial charge in [-0.2, -0.15) is 0 Å². The fourth-order valence-electron chi connectivity index (χ4n) is 7.01. The number of fused-ring (bicyclic) bond motifs is 6. The van der Waals surface area contributed by atoms with Gasteiger partial charge in [-0.3, -0.25) is 0 Å². The van der Waals surface area contributed by atoms with Gasteiger partial charge < -0.3 is 4.90 Å². The molecule has 0 fully saturated rings. The van der Waals surface area contributed by atoms with Crippen LogP contribution in [0.5, 0.6) is 0 Å². The van der Waals surface area contributed by atoms with Crippen molar-refractivity contribution in [2.75, 3.05) is 4.90 Å². The predicted molar refractivity (Wildman–Crippen MR) is 179 cm³/mol. The van der Waals surface area contributed by atoms with Crippen molar-refractivity contribution in [3.63, 3.8) is 0 Å². The van der Waals surface area contributed by atoms with Crippen molar-refractivity contribution in [3.8, 4) is 22.3 Å². The monoisotopic (exact) mass is 537 g/mol. The summed E-state index contributed by atoms with van der Waals surface area (Å²) in [5.74, 6) is 0. The van der Waals surface area contributed by atoms with Crippen molar-refractivity contribution in [2.45, 2.75) is 19.3 Å². The number of anilines is 3. The fourth-order valence-corrected chi connectivity index (χ4v) is 7.01. The third-order valence-corrected chi connectivity index (χ3v) is 9.03. The molecular weight excluding hydrogens is 506 g/mol. The molecule has 0 amide bonds. The van der Waals surface area contributed by atoms with Gasteiger partial charge in [0.2, 0.25) is 0 Å². The summed E-state index contributed by atoms with van der Waals surface area (Å²) in [6.45, 7) is 4.72. The largest absolute Gasteiger partial charge is 0.310 e. The number of hydrogen-bond acceptors (Lipinski definition) is 1. The summed E-state index contributed by atoms with van der Waals surface area (Å²) in [6.07, 6.45) is 0. The topological polar surface area (TPSA) is 3.24 Å². The molecule has 8 rings (SSSR count). The second kappa shape index (κ2) is 9.46. The Morgan fingerprint density at radius 2 is 1.12 bits per heavy atom. The average molecular weight is 538 g/mol. The first-order valence-electron chi connectivity index (χ1n) is 14.7. The Bertz CT molecular complexity index is 2110. The summed E-state index contributed by atoms with van der Waals surface area (Å²) < 4.78 is 0. The quantitative estimate of drug-likeness (QED) is 0.202. The Morgan fingerprint density at radius 3 is 1.90 bits per heavy atom. The summed E-state index contributed by atoms with van der Waals surface area (Å²) in [5.41, 5.74) is 11.4. The molecule has 0 bridgehead atoms. The smallest absolute Gasteiger partial charge is 0.0546 e. The van der Waals surface area contributed by atoms with Gasteiger partial charge >= 0.3 is 0 Å². The second-order valence-electron chi connectivity index (χ2n) is 11.8. The molecule has 0 atom stereocenters. The molecule has 7 aromatic carbocycles. The molecule has 1 aliphatic rings. The lowest BCUT2D eigenvalue weighted by molar-refractivity contribution is 0.660. The van der Waals surface area contributed by atoms with Crippen molar-refractivity contribution in [1.29, 1.82) is 0 Å². The SMILES string of the molecule is CC1(C)c2ccc(N(c3ccccc3)c3cc4ccccc4c4ccccc34)cc2-c2c(-c3ccccc3)cccc21. The van der Waals surface area contributed by atoms with Crippen LogP contribution in [0.1, 0.15) is 25.0 Å². The lowest BCUT2D eigenvalue weighted by Crippen LogP contribution is -2.15. The minimum Gasteiger partial charge on any atom is -0.310 e. The van der Waals surface area contributed by atoms with E-state index in [-0.39, 0.29) is 5.41 Å². The van der Waals surface area contributed by atoms with E-state index in [4.69, 9.17) is 0 Å². The Balaban J connectivity index is 1.41. The summed E-state index contributed by atoms with van der Waals surface area (Å²) in [6, 6.07) is 55.3. The molecule has 0 saturated heterocycles. The molecule has 0 radical (unpaired) electrons. The molecule has 1 heteroatoms. The van der Waals surface area contributed by atoms with Gasteiger partial charge in [0.25, 0.3) is 0 Å². The predicted octanol–water partition coefficient (Wildman–Crippen LogP) is 11.4. The van der Waals surface area contributed by atoms with Crippen LogP contribution in [-0.2, 0) is 5.41 Å². The van der Waals surface area contributed by atoms with Crippen molar-refractivity contribution in [3.05, 3.63) is 163 Å². The standard InChI is InChI=1S/C41H31N/c1-41(2)37-25-24-31(27-36(37)40-33(22-13-23-38(40)41)28-14-5-3-6-15-28)42(30-17-7-4-8-18-30)39-26-29-16-9-10-19-32(29)34-20-11-12-21-35(34)39/h3-27H,1-2H3. The van der Waals surface area contributed by atoms with Gasteiger partial charge in [0.15, 0.2) is 0 Å². The number of para-hydroxylation sites is 1. The van der Waals surface area contributed by atoms with Crippen LogP contribution in [0, 0.1) is 0 Å². The first kappa shape index (κ1) is 24.6. The molecule has 0 heterocycles. The van der Waals surface area contributed by atoms with Gasteiger partial charge in [0, 0.05) is 22.2 Å². The lowest BCUT2D eigenvalue weighted by Gasteiger charge is -2.28. The van der Waals surface area contributed by atoms with Crippen LogP contribution in [0.15, 0.2) is 152 Å². The van der Waals surface area contributed by atoms with E-state index in [0.717, 1.165) is 11.4 Å². The van der Waals surface area contributed by atoms with E-state index in [0.29, 0.717) is 0 Å². The maximum atomic E-state index is 2.44. The first-order chi connectivity index (χ1) is 20.6.